The van der Waals surface area contributed by atoms with E-state index in [1.165, 1.54) is 36.7 Å². The van der Waals surface area contributed by atoms with Gasteiger partial charge in [-0.3, -0.25) is 4.79 Å². The monoisotopic (exact) mass is 448 g/mol. The first-order valence-corrected chi connectivity index (χ1v) is 11.9. The van der Waals surface area contributed by atoms with Crippen LogP contribution in [0.2, 0.25) is 0 Å². The summed E-state index contributed by atoms with van der Waals surface area (Å²) in [6.45, 7) is 2.74. The number of thioether (sulfide) groups is 1. The topological polar surface area (TPSA) is 67.3 Å². The summed E-state index contributed by atoms with van der Waals surface area (Å²) in [6, 6.07) is 20.1. The number of methoxy groups -OCH3 is 1. The van der Waals surface area contributed by atoms with Crippen molar-refractivity contribution in [1.82, 2.24) is 15.5 Å². The average molecular weight is 449 g/mol. The van der Waals surface area contributed by atoms with Crippen molar-refractivity contribution < 1.29 is 9.53 Å². The smallest absolute Gasteiger partial charge is 0.230 e. The van der Waals surface area contributed by atoms with E-state index in [1.54, 1.807) is 7.11 Å². The molecule has 1 amide bonds. The number of amides is 1. The Morgan fingerprint density at radius 2 is 1.84 bits per heavy atom. The fourth-order valence-corrected chi connectivity index (χ4v) is 4.36. The van der Waals surface area contributed by atoms with Gasteiger partial charge in [0.1, 0.15) is 10.8 Å². The molecule has 0 bridgehead atoms. The molecular weight excluding hydrogens is 420 g/mol. The number of piperidine rings is 1. The number of benzene rings is 2. The molecule has 1 fully saturated rings. The first-order valence-electron chi connectivity index (χ1n) is 10.9. The summed E-state index contributed by atoms with van der Waals surface area (Å²) in [5.74, 6) is 1.03. The minimum absolute atomic E-state index is 0.0444. The second-order valence-corrected chi connectivity index (χ2v) is 8.76. The quantitative estimate of drug-likeness (QED) is 0.510. The van der Waals surface area contributed by atoms with Crippen LogP contribution in [0.15, 0.2) is 65.7 Å². The summed E-state index contributed by atoms with van der Waals surface area (Å²) in [5.41, 5.74) is 4.15. The number of rotatable bonds is 8. The van der Waals surface area contributed by atoms with Crippen molar-refractivity contribution in [2.45, 2.75) is 30.8 Å². The lowest BCUT2D eigenvalue weighted by Gasteiger charge is -2.28. The summed E-state index contributed by atoms with van der Waals surface area (Å²) in [5, 5.41) is 12.3. The van der Waals surface area contributed by atoms with E-state index in [2.05, 4.69) is 44.7 Å². The molecule has 0 aliphatic carbocycles. The van der Waals surface area contributed by atoms with E-state index in [9.17, 15) is 4.79 Å². The maximum Gasteiger partial charge on any atom is 0.230 e. The van der Waals surface area contributed by atoms with E-state index in [0.717, 1.165) is 40.7 Å². The Kier molecular flexibility index (Phi) is 7.61. The number of nitrogens with zero attached hydrogens (tertiary/aromatic N) is 3. The number of hydrogen-bond donors (Lipinski definition) is 1. The zero-order chi connectivity index (χ0) is 22.2. The highest BCUT2D eigenvalue weighted by atomic mass is 32.2. The van der Waals surface area contributed by atoms with Crippen molar-refractivity contribution in [2.24, 2.45) is 0 Å². The Balaban J connectivity index is 1.26. The molecule has 1 aliphatic heterocycles. The van der Waals surface area contributed by atoms with Gasteiger partial charge in [-0.25, -0.2) is 0 Å². The maximum atomic E-state index is 12.2. The van der Waals surface area contributed by atoms with Crippen molar-refractivity contribution in [3.63, 3.8) is 0 Å². The second-order valence-electron chi connectivity index (χ2n) is 7.77. The number of nitrogens with one attached hydrogen (secondary N) is 1. The van der Waals surface area contributed by atoms with Crippen molar-refractivity contribution in [1.29, 1.82) is 0 Å². The van der Waals surface area contributed by atoms with Crippen LogP contribution in [0.1, 0.15) is 24.8 Å². The molecule has 2 aromatic carbocycles. The van der Waals surface area contributed by atoms with Gasteiger partial charge in [0, 0.05) is 30.9 Å². The molecule has 32 heavy (non-hydrogen) atoms. The van der Waals surface area contributed by atoms with Crippen LogP contribution >= 0.6 is 11.8 Å². The van der Waals surface area contributed by atoms with Gasteiger partial charge >= 0.3 is 0 Å². The number of aromatic nitrogens is 2. The average Bonchev–Trinajstić information content (AvgIpc) is 2.87. The van der Waals surface area contributed by atoms with Crippen molar-refractivity contribution in [3.8, 4) is 17.0 Å². The minimum Gasteiger partial charge on any atom is -0.497 e. The van der Waals surface area contributed by atoms with E-state index >= 15 is 0 Å². The molecule has 3 aromatic rings. The molecular formula is C25H28N4O2S. The van der Waals surface area contributed by atoms with Crippen molar-refractivity contribution in [3.05, 3.63) is 66.2 Å². The van der Waals surface area contributed by atoms with E-state index in [-0.39, 0.29) is 5.91 Å². The molecule has 0 spiro atoms. The second kappa shape index (κ2) is 11.0. The number of carbonyl (C=O) groups is 1. The molecule has 0 radical (unpaired) electrons. The Bertz CT molecular complexity index is 1020. The minimum atomic E-state index is -0.0444. The van der Waals surface area contributed by atoms with Gasteiger partial charge in [0.05, 0.1) is 18.6 Å². The van der Waals surface area contributed by atoms with Crippen LogP contribution in [-0.4, -0.2) is 42.1 Å². The Morgan fingerprint density at radius 1 is 1.03 bits per heavy atom. The molecule has 166 valence electrons. The van der Waals surface area contributed by atoms with Crippen LogP contribution < -0.4 is 15.0 Å². The number of ether oxygens (including phenoxy) is 1. The van der Waals surface area contributed by atoms with E-state index in [1.807, 2.05) is 36.4 Å². The molecule has 4 rings (SSSR count). The number of hydrogen-bond acceptors (Lipinski definition) is 6. The highest BCUT2D eigenvalue weighted by Crippen LogP contribution is 2.25. The van der Waals surface area contributed by atoms with Gasteiger partial charge in [-0.15, -0.1) is 10.2 Å². The van der Waals surface area contributed by atoms with Crippen LogP contribution in [0.3, 0.4) is 0 Å². The third kappa shape index (κ3) is 6.01. The third-order valence-electron chi connectivity index (χ3n) is 5.50. The Labute approximate surface area is 193 Å². The normalized spacial score (nSPS) is 13.6. The molecule has 1 N–H and O–H groups in total. The predicted molar refractivity (Wildman–Crippen MR) is 129 cm³/mol. The fraction of sp³-hybridized carbons (Fsp3) is 0.320. The predicted octanol–water partition coefficient (Wildman–Crippen LogP) is 4.55. The summed E-state index contributed by atoms with van der Waals surface area (Å²) in [6.07, 6.45) is 3.87. The molecule has 1 aromatic heterocycles. The van der Waals surface area contributed by atoms with Crippen LogP contribution in [0.5, 0.6) is 5.75 Å². The van der Waals surface area contributed by atoms with Crippen LogP contribution in [0.4, 0.5) is 5.69 Å². The van der Waals surface area contributed by atoms with Gasteiger partial charge in [0.25, 0.3) is 0 Å². The van der Waals surface area contributed by atoms with Crippen LogP contribution in [0.25, 0.3) is 11.3 Å². The highest BCUT2D eigenvalue weighted by molar-refractivity contribution is 7.99. The zero-order valence-corrected chi connectivity index (χ0v) is 19.1. The zero-order valence-electron chi connectivity index (χ0n) is 18.3. The van der Waals surface area contributed by atoms with Crippen molar-refractivity contribution >= 4 is 23.4 Å². The van der Waals surface area contributed by atoms with Crippen molar-refractivity contribution in [2.75, 3.05) is 30.9 Å². The maximum absolute atomic E-state index is 12.2. The van der Waals surface area contributed by atoms with Gasteiger partial charge in [-0.05, 0) is 61.2 Å². The summed E-state index contributed by atoms with van der Waals surface area (Å²) < 4.78 is 5.21. The molecule has 7 heteroatoms. The van der Waals surface area contributed by atoms with Crippen LogP contribution in [-0.2, 0) is 11.3 Å². The largest absolute Gasteiger partial charge is 0.497 e. The third-order valence-corrected chi connectivity index (χ3v) is 6.42. The highest BCUT2D eigenvalue weighted by Gasteiger charge is 2.11. The number of anilines is 1. The summed E-state index contributed by atoms with van der Waals surface area (Å²) in [4.78, 5) is 14.6. The molecule has 2 heterocycles. The summed E-state index contributed by atoms with van der Waals surface area (Å²) >= 11 is 1.38. The van der Waals surface area contributed by atoms with Gasteiger partial charge < -0.3 is 15.0 Å². The number of carbonyl (C=O) groups excluding carboxylic acids is 1. The van der Waals surface area contributed by atoms with Gasteiger partial charge in [0.2, 0.25) is 5.91 Å². The Hall–Kier alpha value is -3.06. The molecule has 6 nitrogen and oxygen atoms in total. The van der Waals surface area contributed by atoms with Gasteiger partial charge in [-0.2, -0.15) is 0 Å². The molecule has 1 saturated heterocycles. The lowest BCUT2D eigenvalue weighted by molar-refractivity contribution is -0.118. The fourth-order valence-electron chi connectivity index (χ4n) is 3.72. The van der Waals surface area contributed by atoms with Gasteiger partial charge in [0.15, 0.2) is 0 Å². The lowest BCUT2D eigenvalue weighted by Crippen LogP contribution is -2.29. The summed E-state index contributed by atoms with van der Waals surface area (Å²) in [7, 11) is 1.63. The first-order chi connectivity index (χ1) is 15.7. The van der Waals surface area contributed by atoms with Gasteiger partial charge in [-0.1, -0.05) is 36.0 Å². The first kappa shape index (κ1) is 22.1. The van der Waals surface area contributed by atoms with E-state index < -0.39 is 0 Å². The molecule has 0 unspecified atom stereocenters. The standard InChI is InChI=1S/C25H28N4O2S/c1-31-22-7-5-6-19(16-22)17-26-24(30)18-32-25-13-12-23(27-28-25)20-8-10-21(11-9-20)29-14-3-2-4-15-29/h5-13,16H,2-4,14-15,17-18H2,1H3,(H,26,30). The van der Waals surface area contributed by atoms with Crippen LogP contribution in [0, 0.1) is 0 Å². The SMILES string of the molecule is COc1cccc(CNC(=O)CSc2ccc(-c3ccc(N4CCCCC4)cc3)nn2)c1. The van der Waals surface area contributed by atoms with E-state index in [0.29, 0.717) is 12.3 Å². The molecule has 0 saturated carbocycles. The molecule has 0 atom stereocenters. The van der Waals surface area contributed by atoms with E-state index in [4.69, 9.17) is 4.74 Å². The Morgan fingerprint density at radius 3 is 2.56 bits per heavy atom. The molecule has 1 aliphatic rings. The lowest BCUT2D eigenvalue weighted by atomic mass is 10.1.